The Balaban J connectivity index is 2.11. The first-order valence-electron chi connectivity index (χ1n) is 9.41. The molecule has 1 unspecified atom stereocenters. The Kier molecular flexibility index (Phi) is 5.21. The van der Waals surface area contributed by atoms with Crippen molar-refractivity contribution >= 4 is 39.1 Å². The maximum atomic E-state index is 13.4. The van der Waals surface area contributed by atoms with Crippen LogP contribution in [0, 0.1) is 5.82 Å². The van der Waals surface area contributed by atoms with E-state index >= 15 is 0 Å². The summed E-state index contributed by atoms with van der Waals surface area (Å²) >= 11 is -1.31. The zero-order chi connectivity index (χ0) is 21.6. The number of carbonyl (C=O) groups is 1. The quantitative estimate of drug-likeness (QED) is 0.475. The first-order valence-corrected chi connectivity index (χ1v) is 10.9. The van der Waals surface area contributed by atoms with Crippen molar-refractivity contribution in [3.05, 3.63) is 54.0 Å². The third-order valence-corrected chi connectivity index (χ3v) is 5.61. The molecule has 0 aliphatic heterocycles. The molecular weight excluding hydrogens is 407 g/mol. The monoisotopic (exact) mass is 428 g/mol. The SMILES string of the molecule is CNC(=O)c1c(-c2ccc(F)cc2)oc2c1cc(OC(C)C)c1c2ccn1[S+](C)[O-]. The summed E-state index contributed by atoms with van der Waals surface area (Å²) in [7, 11) is 1.54. The summed E-state index contributed by atoms with van der Waals surface area (Å²) in [6.45, 7) is 3.79. The zero-order valence-corrected chi connectivity index (χ0v) is 17.8. The minimum atomic E-state index is -1.31. The predicted molar refractivity (Wildman–Crippen MR) is 116 cm³/mol. The van der Waals surface area contributed by atoms with E-state index in [-0.39, 0.29) is 17.8 Å². The summed E-state index contributed by atoms with van der Waals surface area (Å²) in [6.07, 6.45) is 3.14. The molecule has 156 valence electrons. The summed E-state index contributed by atoms with van der Waals surface area (Å²) in [5, 5.41) is 3.89. The van der Waals surface area contributed by atoms with Crippen LogP contribution in [0.15, 0.2) is 47.0 Å². The lowest BCUT2D eigenvalue weighted by Crippen LogP contribution is -2.18. The standard InChI is InChI=1S/C22H21FN2O4S/c1-12(2)28-17-11-16-18(22(26)24-3)20(13-5-7-14(23)8-6-13)29-21(16)15-9-10-25(19(15)17)30(4)27/h5-12H,1-4H3,(H,24,26). The molecule has 2 aromatic carbocycles. The molecule has 6 nitrogen and oxygen atoms in total. The fraction of sp³-hybridized carbons (Fsp3) is 0.227. The van der Waals surface area contributed by atoms with Crippen molar-refractivity contribution in [2.75, 3.05) is 13.3 Å². The van der Waals surface area contributed by atoms with Crippen molar-refractivity contribution in [1.29, 1.82) is 0 Å². The van der Waals surface area contributed by atoms with Gasteiger partial charge >= 0.3 is 0 Å². The van der Waals surface area contributed by atoms with Gasteiger partial charge in [0.15, 0.2) is 0 Å². The Hall–Kier alpha value is -2.97. The molecule has 0 saturated carbocycles. The average molecular weight is 428 g/mol. The van der Waals surface area contributed by atoms with Gasteiger partial charge in [-0.05, 0) is 50.2 Å². The lowest BCUT2D eigenvalue weighted by atomic mass is 10.0. The van der Waals surface area contributed by atoms with Crippen LogP contribution in [0.2, 0.25) is 0 Å². The molecule has 30 heavy (non-hydrogen) atoms. The van der Waals surface area contributed by atoms with Crippen LogP contribution in [0.1, 0.15) is 24.2 Å². The van der Waals surface area contributed by atoms with E-state index in [0.29, 0.717) is 44.5 Å². The van der Waals surface area contributed by atoms with Crippen LogP contribution in [0.25, 0.3) is 33.2 Å². The molecule has 0 aliphatic rings. The predicted octanol–water partition coefficient (Wildman–Crippen LogP) is 4.48. The number of aromatic nitrogens is 1. The van der Waals surface area contributed by atoms with Crippen molar-refractivity contribution in [1.82, 2.24) is 9.29 Å². The fourth-order valence-electron chi connectivity index (χ4n) is 3.53. The summed E-state index contributed by atoms with van der Waals surface area (Å²) in [6, 6.07) is 9.29. The number of ether oxygens (including phenoxy) is 1. The molecule has 0 saturated heterocycles. The van der Waals surface area contributed by atoms with E-state index in [9.17, 15) is 13.7 Å². The van der Waals surface area contributed by atoms with Gasteiger partial charge in [-0.15, -0.1) is 0 Å². The maximum absolute atomic E-state index is 13.4. The molecular formula is C22H21FN2O4S. The Morgan fingerprint density at radius 2 is 1.93 bits per heavy atom. The normalized spacial score (nSPS) is 12.6. The average Bonchev–Trinajstić information content (AvgIpc) is 3.30. The van der Waals surface area contributed by atoms with Gasteiger partial charge in [0, 0.05) is 18.0 Å². The first kappa shape index (κ1) is 20.3. The number of furan rings is 1. The van der Waals surface area contributed by atoms with Crippen LogP contribution in [0.3, 0.4) is 0 Å². The highest BCUT2D eigenvalue weighted by Gasteiger charge is 2.27. The van der Waals surface area contributed by atoms with Gasteiger partial charge in [0.1, 0.15) is 34.7 Å². The highest BCUT2D eigenvalue weighted by Crippen LogP contribution is 2.42. The molecule has 8 heteroatoms. The van der Waals surface area contributed by atoms with Gasteiger partial charge in [0.05, 0.1) is 34.6 Å². The summed E-state index contributed by atoms with van der Waals surface area (Å²) < 4.78 is 39.5. The van der Waals surface area contributed by atoms with Crippen molar-refractivity contribution in [2.45, 2.75) is 20.0 Å². The van der Waals surface area contributed by atoms with Crippen LogP contribution in [0.5, 0.6) is 5.75 Å². The molecule has 0 radical (unpaired) electrons. The van der Waals surface area contributed by atoms with Gasteiger partial charge in [-0.2, -0.15) is 3.97 Å². The zero-order valence-electron chi connectivity index (χ0n) is 17.0. The second-order valence-electron chi connectivity index (χ2n) is 7.14. The Labute approximate surface area is 175 Å². The van der Waals surface area contributed by atoms with Gasteiger partial charge in [-0.3, -0.25) is 4.79 Å². The largest absolute Gasteiger partial charge is 0.593 e. The summed E-state index contributed by atoms with van der Waals surface area (Å²) in [5.41, 5.74) is 2.01. The minimum Gasteiger partial charge on any atom is -0.593 e. The van der Waals surface area contributed by atoms with Crippen LogP contribution in [0.4, 0.5) is 4.39 Å². The molecule has 0 bridgehead atoms. The number of rotatable bonds is 5. The minimum absolute atomic E-state index is 0.133. The van der Waals surface area contributed by atoms with E-state index in [0.717, 1.165) is 0 Å². The van der Waals surface area contributed by atoms with E-state index in [1.165, 1.54) is 19.2 Å². The summed E-state index contributed by atoms with van der Waals surface area (Å²) in [4.78, 5) is 12.8. The molecule has 1 atom stereocenters. The second kappa shape index (κ2) is 7.70. The van der Waals surface area contributed by atoms with Crippen LogP contribution < -0.4 is 10.1 Å². The number of halogens is 1. The Bertz CT molecular complexity index is 1240. The number of nitrogens with one attached hydrogen (secondary N) is 1. The number of amides is 1. The topological polar surface area (TPSA) is 79.5 Å². The van der Waals surface area contributed by atoms with Gasteiger partial charge < -0.3 is 19.0 Å². The van der Waals surface area contributed by atoms with Gasteiger partial charge in [-0.1, -0.05) is 0 Å². The maximum Gasteiger partial charge on any atom is 0.255 e. The third kappa shape index (κ3) is 3.32. The Morgan fingerprint density at radius 3 is 2.53 bits per heavy atom. The third-order valence-electron chi connectivity index (χ3n) is 4.75. The number of carbonyl (C=O) groups excluding carboxylic acids is 1. The number of hydrogen-bond acceptors (Lipinski definition) is 4. The van der Waals surface area contributed by atoms with Crippen molar-refractivity contribution in [3.63, 3.8) is 0 Å². The van der Waals surface area contributed by atoms with Gasteiger partial charge in [0.25, 0.3) is 5.91 Å². The number of nitrogens with zero attached hydrogens (tertiary/aromatic N) is 1. The van der Waals surface area contributed by atoms with E-state index < -0.39 is 11.4 Å². The lowest BCUT2D eigenvalue weighted by Gasteiger charge is -2.14. The van der Waals surface area contributed by atoms with Crippen molar-refractivity contribution in [3.8, 4) is 17.1 Å². The molecule has 1 N–H and O–H groups in total. The van der Waals surface area contributed by atoms with E-state index in [1.807, 2.05) is 13.8 Å². The highest BCUT2D eigenvalue weighted by molar-refractivity contribution is 7.89. The number of hydrogen-bond donors (Lipinski definition) is 1. The fourth-order valence-corrected chi connectivity index (χ4v) is 4.21. The number of benzene rings is 2. The second-order valence-corrected chi connectivity index (χ2v) is 8.38. The molecule has 4 aromatic rings. The van der Waals surface area contributed by atoms with E-state index in [4.69, 9.17) is 9.15 Å². The van der Waals surface area contributed by atoms with Crippen LogP contribution >= 0.6 is 0 Å². The van der Waals surface area contributed by atoms with E-state index in [2.05, 4.69) is 5.32 Å². The van der Waals surface area contributed by atoms with Gasteiger partial charge in [-0.25, -0.2) is 4.39 Å². The molecule has 4 rings (SSSR count). The molecule has 0 spiro atoms. The Morgan fingerprint density at radius 1 is 1.23 bits per heavy atom. The highest BCUT2D eigenvalue weighted by atomic mass is 32.2. The molecule has 0 fully saturated rings. The molecule has 1 amide bonds. The molecule has 2 heterocycles. The van der Waals surface area contributed by atoms with Crippen molar-refractivity contribution in [2.24, 2.45) is 0 Å². The first-order chi connectivity index (χ1) is 14.3. The smallest absolute Gasteiger partial charge is 0.255 e. The molecule has 0 aliphatic carbocycles. The van der Waals surface area contributed by atoms with Gasteiger partial charge in [0.2, 0.25) is 0 Å². The van der Waals surface area contributed by atoms with E-state index in [1.54, 1.807) is 40.7 Å². The molecule has 2 aromatic heterocycles. The van der Waals surface area contributed by atoms with Crippen molar-refractivity contribution < 1.29 is 22.9 Å². The van der Waals surface area contributed by atoms with Crippen LogP contribution in [-0.4, -0.2) is 33.8 Å². The number of fused-ring (bicyclic) bond motifs is 3. The van der Waals surface area contributed by atoms with Crippen LogP contribution in [-0.2, 0) is 11.4 Å². The lowest BCUT2D eigenvalue weighted by molar-refractivity contribution is 0.0964. The summed E-state index contributed by atoms with van der Waals surface area (Å²) in [5.74, 6) is 0.123.